The van der Waals surface area contributed by atoms with Crippen molar-refractivity contribution in [3.8, 4) is 0 Å². The van der Waals surface area contributed by atoms with Crippen molar-refractivity contribution in [1.29, 1.82) is 0 Å². The van der Waals surface area contributed by atoms with Gasteiger partial charge in [0.25, 0.3) is 0 Å². The Labute approximate surface area is 162 Å². The maximum Gasteiger partial charge on any atom is 0.423 e. The lowest BCUT2D eigenvalue weighted by Crippen LogP contribution is -2.47. The number of ether oxygens (including phenoxy) is 1. The highest BCUT2D eigenvalue weighted by molar-refractivity contribution is 7.11. The number of hydrogen-bond acceptors (Lipinski definition) is 5. The molecule has 1 saturated heterocycles. The molecule has 1 aliphatic carbocycles. The van der Waals surface area contributed by atoms with Crippen LogP contribution in [0, 0.1) is 5.92 Å². The Morgan fingerprint density at radius 3 is 2.44 bits per heavy atom. The van der Waals surface area contributed by atoms with Gasteiger partial charge in [0.1, 0.15) is 4.88 Å². The Morgan fingerprint density at radius 1 is 1.19 bits per heavy atom. The number of rotatable bonds is 4. The molecule has 1 aliphatic heterocycles. The number of aromatic carboxylic acids is 1. The van der Waals surface area contributed by atoms with Gasteiger partial charge in [-0.3, -0.25) is 5.43 Å². The SMILES string of the molecule is O=C(O)c1cccs1.O=C1NNC2(CCC(CCc3ccccc3)CC2)O1. The van der Waals surface area contributed by atoms with E-state index in [2.05, 4.69) is 41.2 Å². The average Bonchev–Trinajstić information content (AvgIpc) is 3.34. The minimum Gasteiger partial charge on any atom is -0.477 e. The fourth-order valence-corrected chi connectivity index (χ4v) is 4.03. The van der Waals surface area contributed by atoms with E-state index in [0.29, 0.717) is 4.88 Å². The van der Waals surface area contributed by atoms with Crippen LogP contribution >= 0.6 is 11.3 Å². The van der Waals surface area contributed by atoms with Crippen LogP contribution in [-0.2, 0) is 11.2 Å². The van der Waals surface area contributed by atoms with Crippen LogP contribution in [0.1, 0.15) is 47.3 Å². The van der Waals surface area contributed by atoms with E-state index in [1.54, 1.807) is 17.5 Å². The number of hydrogen-bond donors (Lipinski definition) is 3. The number of nitrogens with one attached hydrogen (secondary N) is 2. The molecule has 1 amide bonds. The zero-order chi connectivity index (χ0) is 19.1. The van der Waals surface area contributed by atoms with Crippen molar-refractivity contribution >= 4 is 23.4 Å². The largest absolute Gasteiger partial charge is 0.477 e. The molecule has 1 saturated carbocycles. The molecular weight excluding hydrogens is 364 g/mol. The second-order valence-corrected chi connectivity index (χ2v) is 7.83. The van der Waals surface area contributed by atoms with Gasteiger partial charge in [-0.15, -0.1) is 11.3 Å². The first-order valence-electron chi connectivity index (χ1n) is 9.13. The highest BCUT2D eigenvalue weighted by Crippen LogP contribution is 2.36. The molecule has 2 aromatic rings. The van der Waals surface area contributed by atoms with Crippen LogP contribution in [0.3, 0.4) is 0 Å². The zero-order valence-electron chi connectivity index (χ0n) is 15.0. The van der Waals surface area contributed by atoms with Crippen LogP contribution in [0.5, 0.6) is 0 Å². The molecule has 0 bridgehead atoms. The summed E-state index contributed by atoms with van der Waals surface area (Å²) in [6.07, 6.45) is 6.08. The van der Waals surface area contributed by atoms with Crippen molar-refractivity contribution in [3.63, 3.8) is 0 Å². The van der Waals surface area contributed by atoms with Crippen LogP contribution in [0.4, 0.5) is 4.79 Å². The summed E-state index contributed by atoms with van der Waals surface area (Å²) in [4.78, 5) is 21.6. The third kappa shape index (κ3) is 5.55. The van der Waals surface area contributed by atoms with Crippen LogP contribution in [-0.4, -0.2) is 22.9 Å². The summed E-state index contributed by atoms with van der Waals surface area (Å²) in [6.45, 7) is 0. The van der Waals surface area contributed by atoms with Gasteiger partial charge in [-0.2, -0.15) is 5.43 Å². The summed E-state index contributed by atoms with van der Waals surface area (Å²) in [5.74, 6) is -0.105. The van der Waals surface area contributed by atoms with Gasteiger partial charge in [-0.25, -0.2) is 9.59 Å². The number of carbonyl (C=O) groups is 2. The molecule has 144 valence electrons. The highest BCUT2D eigenvalue weighted by atomic mass is 32.1. The van der Waals surface area contributed by atoms with E-state index in [0.717, 1.165) is 38.0 Å². The number of aryl methyl sites for hydroxylation is 1. The lowest BCUT2D eigenvalue weighted by atomic mass is 9.81. The predicted octanol–water partition coefficient (Wildman–Crippen LogP) is 4.20. The van der Waals surface area contributed by atoms with Crippen LogP contribution in [0.25, 0.3) is 0 Å². The topological polar surface area (TPSA) is 87.7 Å². The zero-order valence-corrected chi connectivity index (χ0v) is 15.8. The number of hydrazine groups is 1. The Bertz CT molecular complexity index is 741. The quantitative estimate of drug-likeness (QED) is 0.731. The normalized spacial score (nSPS) is 23.9. The maximum absolute atomic E-state index is 11.1. The van der Waals surface area contributed by atoms with Gasteiger partial charge in [0, 0.05) is 12.8 Å². The number of carbonyl (C=O) groups excluding carboxylic acids is 1. The number of benzene rings is 1. The molecule has 6 nitrogen and oxygen atoms in total. The van der Waals surface area contributed by atoms with Crippen molar-refractivity contribution < 1.29 is 19.4 Å². The minimum absolute atomic E-state index is 0.345. The van der Waals surface area contributed by atoms with Crippen LogP contribution in [0.15, 0.2) is 47.8 Å². The summed E-state index contributed by atoms with van der Waals surface area (Å²) in [6, 6.07) is 13.9. The van der Waals surface area contributed by atoms with Gasteiger partial charge < -0.3 is 9.84 Å². The molecule has 0 unspecified atom stereocenters. The second-order valence-electron chi connectivity index (χ2n) is 6.88. The van der Waals surface area contributed by atoms with Gasteiger partial charge in [0.2, 0.25) is 0 Å². The summed E-state index contributed by atoms with van der Waals surface area (Å²) >= 11 is 1.23. The number of carboxylic acid groups (broad SMARTS) is 1. The van der Waals surface area contributed by atoms with Gasteiger partial charge >= 0.3 is 12.1 Å². The Kier molecular flexibility index (Phi) is 6.47. The lowest BCUT2D eigenvalue weighted by Gasteiger charge is -2.34. The molecule has 27 heavy (non-hydrogen) atoms. The van der Waals surface area contributed by atoms with Crippen LogP contribution in [0.2, 0.25) is 0 Å². The van der Waals surface area contributed by atoms with Crippen LogP contribution < -0.4 is 10.9 Å². The van der Waals surface area contributed by atoms with E-state index in [1.165, 1.54) is 23.3 Å². The van der Waals surface area contributed by atoms with E-state index < -0.39 is 11.7 Å². The molecule has 2 aliphatic rings. The molecular formula is C20H24N2O4S. The van der Waals surface area contributed by atoms with E-state index in [4.69, 9.17) is 9.84 Å². The predicted molar refractivity (Wildman–Crippen MR) is 103 cm³/mol. The summed E-state index contributed by atoms with van der Waals surface area (Å²) in [5.41, 5.74) is 6.52. The summed E-state index contributed by atoms with van der Waals surface area (Å²) in [5, 5.41) is 10.0. The van der Waals surface area contributed by atoms with Crippen molar-refractivity contribution in [3.05, 3.63) is 58.3 Å². The molecule has 1 spiro atoms. The van der Waals surface area contributed by atoms with Gasteiger partial charge in [0.05, 0.1) is 0 Å². The van der Waals surface area contributed by atoms with E-state index in [9.17, 15) is 9.59 Å². The lowest BCUT2D eigenvalue weighted by molar-refractivity contribution is -0.0141. The van der Waals surface area contributed by atoms with Crippen molar-refractivity contribution in [1.82, 2.24) is 10.9 Å². The fourth-order valence-electron chi connectivity index (χ4n) is 3.47. The Balaban J connectivity index is 0.000000221. The van der Waals surface area contributed by atoms with E-state index in [1.807, 2.05) is 0 Å². The molecule has 2 fully saturated rings. The Morgan fingerprint density at radius 2 is 1.93 bits per heavy atom. The molecule has 0 atom stereocenters. The van der Waals surface area contributed by atoms with Gasteiger partial charge in [-0.05, 0) is 48.6 Å². The summed E-state index contributed by atoms with van der Waals surface area (Å²) < 4.78 is 5.34. The second kappa shape index (κ2) is 9.01. The van der Waals surface area contributed by atoms with Crippen molar-refractivity contribution in [2.24, 2.45) is 5.92 Å². The first-order chi connectivity index (χ1) is 13.1. The first kappa shape index (κ1) is 19.4. The average molecular weight is 388 g/mol. The monoisotopic (exact) mass is 388 g/mol. The van der Waals surface area contributed by atoms with Gasteiger partial charge in [-0.1, -0.05) is 36.4 Å². The standard InChI is InChI=1S/C15H20N2O2.C5H4O2S/c18-14-16-17-15(19-14)10-8-13(9-11-15)7-6-12-4-2-1-3-5-12;6-5(7)4-2-1-3-8-4/h1-5,13,17H,6-11H2,(H,16,18);1-3H,(H,6,7). The third-order valence-electron chi connectivity index (χ3n) is 5.01. The molecule has 1 aromatic carbocycles. The third-order valence-corrected chi connectivity index (χ3v) is 5.87. The maximum atomic E-state index is 11.1. The van der Waals surface area contributed by atoms with E-state index in [-0.39, 0.29) is 6.09 Å². The molecule has 0 radical (unpaired) electrons. The number of thiophene rings is 1. The first-order valence-corrected chi connectivity index (χ1v) is 10.0. The van der Waals surface area contributed by atoms with Crippen molar-refractivity contribution in [2.45, 2.75) is 44.2 Å². The Hall–Kier alpha value is -2.38. The summed E-state index contributed by atoms with van der Waals surface area (Å²) in [7, 11) is 0. The highest BCUT2D eigenvalue weighted by Gasteiger charge is 2.42. The van der Waals surface area contributed by atoms with Gasteiger partial charge in [0.15, 0.2) is 5.72 Å². The van der Waals surface area contributed by atoms with E-state index >= 15 is 0 Å². The molecule has 7 heteroatoms. The molecule has 1 aromatic heterocycles. The number of amides is 1. The molecule has 4 rings (SSSR count). The van der Waals surface area contributed by atoms with Crippen molar-refractivity contribution in [2.75, 3.05) is 0 Å². The number of carboxylic acids is 1. The molecule has 2 heterocycles. The fraction of sp³-hybridized carbons (Fsp3) is 0.400. The molecule has 3 N–H and O–H groups in total. The minimum atomic E-state index is -0.847. The smallest absolute Gasteiger partial charge is 0.423 e.